The van der Waals surface area contributed by atoms with Crippen molar-refractivity contribution in [3.8, 4) is 0 Å². The Morgan fingerprint density at radius 3 is 1.60 bits per heavy atom. The summed E-state index contributed by atoms with van der Waals surface area (Å²) < 4.78 is 7.01. The van der Waals surface area contributed by atoms with Crippen LogP contribution in [0.15, 0.2) is 47.5 Å². The number of aromatic amines is 1. The molecule has 5 aromatic rings. The van der Waals surface area contributed by atoms with Crippen molar-refractivity contribution in [2.75, 3.05) is 0 Å². The summed E-state index contributed by atoms with van der Waals surface area (Å²) in [6.45, 7) is 1.79. The molecule has 5 heterocycles. The van der Waals surface area contributed by atoms with E-state index in [1.807, 2.05) is 30.3 Å². The van der Waals surface area contributed by atoms with E-state index in [1.54, 1.807) is 54.6 Å². The summed E-state index contributed by atoms with van der Waals surface area (Å²) in [6, 6.07) is 1.46. The maximum absolute atomic E-state index is 11.3. The predicted octanol–water partition coefficient (Wildman–Crippen LogP) is 8.24. The number of alkyl halides is 1. The van der Waals surface area contributed by atoms with Crippen LogP contribution in [0.3, 0.4) is 0 Å². The Morgan fingerprint density at radius 1 is 0.833 bits per heavy atom. The molecule has 0 amide bonds. The number of aliphatic hydroxyl groups is 2. The van der Waals surface area contributed by atoms with Crippen LogP contribution in [0.2, 0.25) is 15.5 Å². The first-order valence-corrected chi connectivity index (χ1v) is 23.5. The molecule has 268 valence electrons. The van der Waals surface area contributed by atoms with Crippen LogP contribution in [-0.4, -0.2) is 58.4 Å². The zero-order valence-electron chi connectivity index (χ0n) is 25.6. The average molecular weight is 1030 g/mol. The molecule has 0 saturated heterocycles. The first-order valence-electron chi connectivity index (χ1n) is 12.8. The summed E-state index contributed by atoms with van der Waals surface area (Å²) in [6.07, 6.45) is 8.21. The molecule has 3 N–H and O–H groups in total. The Balaban J connectivity index is 0.000000616. The molecule has 0 unspecified atom stereocenters. The third kappa shape index (κ3) is 17.4. The molecular weight excluding hydrogens is 989 g/mol. The maximum atomic E-state index is 11.3. The molecular formula is C26H36Br4Cl3N10O3PS. The number of halogens is 7. The second-order valence-corrected chi connectivity index (χ2v) is 26.8. The predicted molar refractivity (Wildman–Crippen MR) is 212 cm³/mol. The van der Waals surface area contributed by atoms with Crippen LogP contribution < -0.4 is 5.56 Å². The lowest BCUT2D eigenvalue weighted by atomic mass is 10.5. The van der Waals surface area contributed by atoms with Gasteiger partial charge in [0.05, 0.1) is 67.5 Å². The van der Waals surface area contributed by atoms with Gasteiger partial charge in [0, 0.05) is 51.0 Å². The van der Waals surface area contributed by atoms with Crippen molar-refractivity contribution >= 4 is 113 Å². The van der Waals surface area contributed by atoms with Gasteiger partial charge in [-0.3, -0.25) is 4.79 Å². The van der Waals surface area contributed by atoms with Crippen molar-refractivity contribution in [2.24, 2.45) is 28.2 Å². The number of aryl methyl sites for hydroxylation is 5. The minimum atomic E-state index is -0.183. The van der Waals surface area contributed by atoms with Gasteiger partial charge in [-0.2, -0.15) is 0 Å². The lowest BCUT2D eigenvalue weighted by Crippen LogP contribution is -2.08. The SMILES string of the molecule is BrP(Br)Br.C.Cc1cc(=O)[nH]c(SCc2c(Cl)ncn2C)n1.Cn1cnc(Cl)c1CBr.Cn1cnc(Cl)c1CO.Cn1cncc1CO. The van der Waals surface area contributed by atoms with Gasteiger partial charge in [-0.1, -0.05) is 69.9 Å². The molecule has 13 nitrogen and oxygen atoms in total. The molecule has 0 aliphatic heterocycles. The number of nitrogens with one attached hydrogen (secondary N) is 1. The van der Waals surface area contributed by atoms with Crippen molar-refractivity contribution in [3.63, 3.8) is 0 Å². The van der Waals surface area contributed by atoms with Crippen LogP contribution in [-0.2, 0) is 52.5 Å². The largest absolute Gasteiger partial charge is 0.390 e. The van der Waals surface area contributed by atoms with Crippen molar-refractivity contribution in [1.82, 2.24) is 48.2 Å². The average Bonchev–Trinajstić information content (AvgIpc) is 3.75. The van der Waals surface area contributed by atoms with Crippen molar-refractivity contribution in [1.29, 1.82) is 0 Å². The van der Waals surface area contributed by atoms with Crippen LogP contribution >= 0.6 is 113 Å². The van der Waals surface area contributed by atoms with E-state index in [0.717, 1.165) is 22.4 Å². The number of hydrogen-bond acceptors (Lipinski definition) is 9. The quantitative estimate of drug-likeness (QED) is 0.0660. The Kier molecular flexibility index (Phi) is 24.8. The first-order chi connectivity index (χ1) is 22.1. The number of thioether (sulfide) groups is 1. The van der Waals surface area contributed by atoms with Gasteiger partial charge >= 0.3 is 0 Å². The monoisotopic (exact) mass is 1020 g/mol. The van der Waals surface area contributed by atoms with Gasteiger partial charge in [0.15, 0.2) is 20.6 Å². The zero-order valence-corrected chi connectivity index (χ0v) is 35.9. The highest BCUT2D eigenvalue weighted by molar-refractivity contribution is 9.93. The lowest BCUT2D eigenvalue weighted by molar-refractivity contribution is 0.272. The fourth-order valence-electron chi connectivity index (χ4n) is 3.06. The van der Waals surface area contributed by atoms with Gasteiger partial charge in [0.1, 0.15) is 4.03 Å². The van der Waals surface area contributed by atoms with Gasteiger partial charge < -0.3 is 33.5 Å². The Hall–Kier alpha value is -0.790. The van der Waals surface area contributed by atoms with Gasteiger partial charge in [0.25, 0.3) is 5.56 Å². The van der Waals surface area contributed by atoms with Crippen LogP contribution in [0.1, 0.15) is 35.9 Å². The number of H-pyrrole nitrogens is 1. The molecule has 0 aliphatic carbocycles. The topological polar surface area (TPSA) is 157 Å². The third-order valence-electron chi connectivity index (χ3n) is 5.57. The van der Waals surface area contributed by atoms with Gasteiger partial charge in [-0.05, 0) is 53.4 Å². The Morgan fingerprint density at radius 2 is 1.31 bits per heavy atom. The number of nitrogens with zero attached hydrogens (tertiary/aromatic N) is 9. The summed E-state index contributed by atoms with van der Waals surface area (Å²) in [7, 11) is 7.42. The highest BCUT2D eigenvalue weighted by Crippen LogP contribution is 2.59. The number of rotatable bonds is 6. The van der Waals surface area contributed by atoms with E-state index in [2.05, 4.69) is 92.3 Å². The van der Waals surface area contributed by atoms with E-state index in [4.69, 9.17) is 45.0 Å². The maximum Gasteiger partial charge on any atom is 0.251 e. The van der Waals surface area contributed by atoms with Crippen LogP contribution in [0.25, 0.3) is 0 Å². The van der Waals surface area contributed by atoms with Crippen LogP contribution in [0.5, 0.6) is 0 Å². The molecule has 0 atom stereocenters. The van der Waals surface area contributed by atoms with Crippen molar-refractivity contribution in [3.05, 3.63) is 91.9 Å². The second kappa shape index (κ2) is 25.2. The third-order valence-corrected chi connectivity index (χ3v) is 7.94. The molecule has 5 aromatic heterocycles. The molecule has 0 spiro atoms. The van der Waals surface area contributed by atoms with E-state index in [9.17, 15) is 4.79 Å². The highest BCUT2D eigenvalue weighted by atomic mass is 80.0. The van der Waals surface area contributed by atoms with Crippen molar-refractivity contribution in [2.45, 2.75) is 43.8 Å². The van der Waals surface area contributed by atoms with E-state index in [-0.39, 0.29) is 30.2 Å². The summed E-state index contributed by atoms with van der Waals surface area (Å²) >= 11 is 31.4. The molecule has 0 aromatic carbocycles. The molecule has 0 fully saturated rings. The number of aromatic nitrogens is 10. The highest BCUT2D eigenvalue weighted by Gasteiger charge is 2.08. The second-order valence-electron chi connectivity index (χ2n) is 8.90. The molecule has 0 bridgehead atoms. The lowest BCUT2D eigenvalue weighted by Gasteiger charge is -2.03. The minimum Gasteiger partial charge on any atom is -0.390 e. The number of aliphatic hydroxyl groups excluding tert-OH is 2. The fourth-order valence-corrected chi connectivity index (χ4v) is 5.68. The van der Waals surface area contributed by atoms with E-state index >= 15 is 0 Å². The molecule has 0 aliphatic rings. The summed E-state index contributed by atoms with van der Waals surface area (Å²) in [5, 5.41) is 20.0. The number of hydrogen-bond donors (Lipinski definition) is 3. The Labute approximate surface area is 332 Å². The van der Waals surface area contributed by atoms with E-state index in [1.165, 1.54) is 17.8 Å². The van der Waals surface area contributed by atoms with Gasteiger partial charge in [-0.15, -0.1) is 0 Å². The molecule has 0 saturated carbocycles. The molecule has 0 radical (unpaired) electrons. The summed E-state index contributed by atoms with van der Waals surface area (Å²) in [4.78, 5) is 33.6. The van der Waals surface area contributed by atoms with Crippen LogP contribution in [0.4, 0.5) is 0 Å². The smallest absolute Gasteiger partial charge is 0.251 e. The minimum absolute atomic E-state index is 0. The molecule has 5 rings (SSSR count). The normalized spacial score (nSPS) is 9.98. The van der Waals surface area contributed by atoms with Crippen molar-refractivity contribution < 1.29 is 10.2 Å². The fraction of sp³-hybridized carbons (Fsp3) is 0.385. The van der Waals surface area contributed by atoms with Gasteiger partial charge in [0.2, 0.25) is 0 Å². The first kappa shape index (κ1) is 47.2. The summed E-state index contributed by atoms with van der Waals surface area (Å²) in [5.41, 5.74) is 3.96. The Bertz CT molecular complexity index is 1590. The summed E-state index contributed by atoms with van der Waals surface area (Å²) in [5.74, 6) is 0.613. The zero-order chi connectivity index (χ0) is 35.7. The van der Waals surface area contributed by atoms with Gasteiger partial charge in [-0.25, -0.2) is 24.9 Å². The molecule has 48 heavy (non-hydrogen) atoms. The van der Waals surface area contributed by atoms with E-state index < -0.39 is 0 Å². The standard InChI is InChI=1S/C10H11ClN4OS.C5H6BrClN2.C5H7ClN2O.C5H8N2O.CH4.Br3P/c1-6-3-8(16)14-10(13-6)17-4-7-9(11)12-5-15(7)2;1-9-3-8-5(7)4(9)2-6;1-8-3-7-5(6)4(8)2-9;1-7-4-6-2-5(7)3-8;;1-4(2)3/h3,5H,4H2,1-2H3,(H,13,14,16);3H,2H2,1H3;3,9H,2H2,1H3;2,4,8H,3H2,1H3;1H4;. The van der Waals surface area contributed by atoms with Crippen LogP contribution in [0, 0.1) is 6.92 Å². The number of imidazole rings is 4. The van der Waals surface area contributed by atoms with E-state index in [0.29, 0.717) is 37.8 Å². The molecule has 22 heteroatoms.